The van der Waals surface area contributed by atoms with E-state index in [2.05, 4.69) is 10.1 Å². The van der Waals surface area contributed by atoms with Gasteiger partial charge in [0, 0.05) is 11.1 Å². The molecule has 0 saturated heterocycles. The molecule has 0 N–H and O–H groups in total. The van der Waals surface area contributed by atoms with Crippen molar-refractivity contribution in [2.45, 2.75) is 0 Å². The Hall–Kier alpha value is -4.00. The molecular formula is C24H15F4N3. The maximum atomic E-state index is 14.7. The standard InChI is InChI=1S/C24H15F4N3/c25-19-22(20(26)24(28)29-23(19)27)31(18-14-8-3-9-15-18)30-21(16-10-4-1-5-11-16)17-12-6-2-7-13-17/h1-15H. The summed E-state index contributed by atoms with van der Waals surface area (Å²) < 4.78 is 57.2. The normalized spacial score (nSPS) is 10.6. The molecule has 0 aliphatic heterocycles. The van der Waals surface area contributed by atoms with Gasteiger partial charge in [0.1, 0.15) is 5.69 Å². The van der Waals surface area contributed by atoms with E-state index in [1.165, 1.54) is 12.1 Å². The quantitative estimate of drug-likeness (QED) is 0.165. The molecule has 4 rings (SSSR count). The Morgan fingerprint density at radius 2 is 1.03 bits per heavy atom. The first-order valence-corrected chi connectivity index (χ1v) is 9.31. The molecule has 1 aromatic heterocycles. The lowest BCUT2D eigenvalue weighted by Gasteiger charge is -2.22. The predicted octanol–water partition coefficient (Wildman–Crippen LogP) is 6.23. The van der Waals surface area contributed by atoms with Crippen LogP contribution in [0, 0.1) is 23.5 Å². The van der Waals surface area contributed by atoms with Crippen LogP contribution in [0.4, 0.5) is 28.9 Å². The van der Waals surface area contributed by atoms with Gasteiger partial charge < -0.3 is 0 Å². The SMILES string of the molecule is Fc1nc(F)c(F)c(N(N=C(c2ccccc2)c2ccccc2)c2ccccc2)c1F. The molecular weight excluding hydrogens is 406 g/mol. The minimum absolute atomic E-state index is 0.203. The van der Waals surface area contributed by atoms with Gasteiger partial charge in [0.05, 0.1) is 11.4 Å². The number of pyridine rings is 1. The number of hydrogen-bond donors (Lipinski definition) is 0. The molecule has 0 amide bonds. The van der Waals surface area contributed by atoms with Gasteiger partial charge in [-0.15, -0.1) is 0 Å². The van der Waals surface area contributed by atoms with Crippen molar-refractivity contribution in [3.63, 3.8) is 0 Å². The monoisotopic (exact) mass is 421 g/mol. The predicted molar refractivity (Wildman–Crippen MR) is 111 cm³/mol. The Kier molecular flexibility index (Phi) is 5.75. The van der Waals surface area contributed by atoms with Gasteiger partial charge in [0.25, 0.3) is 11.9 Å². The van der Waals surface area contributed by atoms with Crippen LogP contribution in [0.2, 0.25) is 0 Å². The fraction of sp³-hybridized carbons (Fsp3) is 0. The van der Waals surface area contributed by atoms with Crippen LogP contribution in [0.3, 0.4) is 0 Å². The van der Waals surface area contributed by atoms with Crippen LogP contribution < -0.4 is 5.01 Å². The first-order chi connectivity index (χ1) is 15.1. The van der Waals surface area contributed by atoms with Crippen molar-refractivity contribution in [1.29, 1.82) is 0 Å². The largest absolute Gasteiger partial charge is 0.254 e. The lowest BCUT2D eigenvalue weighted by atomic mass is 10.0. The topological polar surface area (TPSA) is 28.5 Å². The number of halogens is 4. The van der Waals surface area contributed by atoms with Crippen LogP contribution in [0.5, 0.6) is 0 Å². The van der Waals surface area contributed by atoms with Gasteiger partial charge in [0.2, 0.25) is 11.6 Å². The summed E-state index contributed by atoms with van der Waals surface area (Å²) in [5.41, 5.74) is 0.840. The van der Waals surface area contributed by atoms with E-state index >= 15 is 0 Å². The average Bonchev–Trinajstić information content (AvgIpc) is 2.81. The summed E-state index contributed by atoms with van der Waals surface area (Å²) in [5.74, 6) is -6.81. The van der Waals surface area contributed by atoms with Crippen LogP contribution in [0.15, 0.2) is 96.1 Å². The number of anilines is 2. The van der Waals surface area contributed by atoms with Gasteiger partial charge in [-0.1, -0.05) is 78.9 Å². The number of para-hydroxylation sites is 1. The molecule has 0 saturated carbocycles. The third-order valence-corrected chi connectivity index (χ3v) is 4.48. The zero-order valence-corrected chi connectivity index (χ0v) is 16.0. The Morgan fingerprint density at radius 1 is 0.613 bits per heavy atom. The van der Waals surface area contributed by atoms with E-state index in [0.29, 0.717) is 16.8 Å². The lowest BCUT2D eigenvalue weighted by molar-refractivity contribution is 0.408. The van der Waals surface area contributed by atoms with Gasteiger partial charge in [-0.05, 0) is 12.1 Å². The first-order valence-electron chi connectivity index (χ1n) is 9.31. The third-order valence-electron chi connectivity index (χ3n) is 4.48. The highest BCUT2D eigenvalue weighted by Crippen LogP contribution is 2.33. The Morgan fingerprint density at radius 3 is 1.48 bits per heavy atom. The van der Waals surface area contributed by atoms with Gasteiger partial charge in [-0.25, -0.2) is 5.01 Å². The minimum atomic E-state index is -1.76. The molecule has 154 valence electrons. The van der Waals surface area contributed by atoms with E-state index in [9.17, 15) is 17.6 Å². The van der Waals surface area contributed by atoms with Gasteiger partial charge in [-0.3, -0.25) is 0 Å². The van der Waals surface area contributed by atoms with Crippen LogP contribution >= 0.6 is 0 Å². The summed E-state index contributed by atoms with van der Waals surface area (Å²) in [4.78, 5) is 2.65. The molecule has 0 fully saturated rings. The molecule has 1 heterocycles. The van der Waals surface area contributed by atoms with E-state index in [4.69, 9.17) is 0 Å². The van der Waals surface area contributed by atoms with Crippen LogP contribution in [0.25, 0.3) is 0 Å². The molecule has 3 aromatic carbocycles. The van der Waals surface area contributed by atoms with Crippen LogP contribution in [-0.2, 0) is 0 Å². The van der Waals surface area contributed by atoms with Crippen molar-refractivity contribution in [3.8, 4) is 0 Å². The van der Waals surface area contributed by atoms with Crippen molar-refractivity contribution in [3.05, 3.63) is 126 Å². The second-order valence-corrected chi connectivity index (χ2v) is 6.50. The summed E-state index contributed by atoms with van der Waals surface area (Å²) in [6.45, 7) is 0. The molecule has 0 spiro atoms. The average molecular weight is 421 g/mol. The number of rotatable bonds is 5. The van der Waals surface area contributed by atoms with Crippen molar-refractivity contribution < 1.29 is 17.6 Å². The van der Waals surface area contributed by atoms with Crippen molar-refractivity contribution >= 4 is 17.1 Å². The highest BCUT2D eigenvalue weighted by Gasteiger charge is 2.27. The third kappa shape index (κ3) is 4.16. The molecule has 4 aromatic rings. The molecule has 3 nitrogen and oxygen atoms in total. The van der Waals surface area contributed by atoms with E-state index in [-0.39, 0.29) is 5.69 Å². The van der Waals surface area contributed by atoms with Crippen molar-refractivity contribution in [2.24, 2.45) is 5.10 Å². The number of hydrogen-bond acceptors (Lipinski definition) is 3. The van der Waals surface area contributed by atoms with E-state index in [1.54, 1.807) is 66.7 Å². The zero-order chi connectivity index (χ0) is 21.8. The number of hydrazone groups is 1. The molecule has 0 aliphatic rings. The maximum Gasteiger partial charge on any atom is 0.254 e. The Labute approximate surface area is 175 Å². The van der Waals surface area contributed by atoms with Crippen LogP contribution in [0.1, 0.15) is 11.1 Å². The molecule has 0 radical (unpaired) electrons. The molecule has 31 heavy (non-hydrogen) atoms. The smallest absolute Gasteiger partial charge is 0.227 e. The Balaban J connectivity index is 2.01. The molecule has 0 atom stereocenters. The molecule has 7 heteroatoms. The van der Waals surface area contributed by atoms with Gasteiger partial charge >= 0.3 is 0 Å². The van der Waals surface area contributed by atoms with Gasteiger partial charge in [-0.2, -0.15) is 27.6 Å². The van der Waals surface area contributed by atoms with Gasteiger partial charge in [0.15, 0.2) is 0 Å². The molecule has 0 unspecified atom stereocenters. The first kappa shape index (κ1) is 20.3. The van der Waals surface area contributed by atoms with E-state index in [0.717, 1.165) is 5.01 Å². The number of benzene rings is 3. The highest BCUT2D eigenvalue weighted by molar-refractivity contribution is 6.13. The second kappa shape index (κ2) is 8.79. The summed E-state index contributed by atoms with van der Waals surface area (Å²) in [6.07, 6.45) is 0. The van der Waals surface area contributed by atoms with Crippen LogP contribution in [-0.4, -0.2) is 10.7 Å². The Bertz CT molecular complexity index is 1150. The van der Waals surface area contributed by atoms with E-state index < -0.39 is 29.2 Å². The highest BCUT2D eigenvalue weighted by atomic mass is 19.2. The number of nitrogens with zero attached hydrogens (tertiary/aromatic N) is 3. The lowest BCUT2D eigenvalue weighted by Crippen LogP contribution is -2.19. The minimum Gasteiger partial charge on any atom is -0.227 e. The fourth-order valence-corrected chi connectivity index (χ4v) is 3.04. The number of aromatic nitrogens is 1. The molecule has 0 aliphatic carbocycles. The summed E-state index contributed by atoms with van der Waals surface area (Å²) in [6, 6.07) is 25.8. The second-order valence-electron chi connectivity index (χ2n) is 6.50. The van der Waals surface area contributed by atoms with E-state index in [1.807, 2.05) is 12.1 Å². The summed E-state index contributed by atoms with van der Waals surface area (Å²) in [7, 11) is 0. The maximum absolute atomic E-state index is 14.7. The zero-order valence-electron chi connectivity index (χ0n) is 16.0. The van der Waals surface area contributed by atoms with Crippen molar-refractivity contribution in [1.82, 2.24) is 4.98 Å². The summed E-state index contributed by atoms with van der Waals surface area (Å²) >= 11 is 0. The summed E-state index contributed by atoms with van der Waals surface area (Å²) in [5, 5.41) is 5.31. The molecule has 0 bridgehead atoms. The fourth-order valence-electron chi connectivity index (χ4n) is 3.04. The van der Waals surface area contributed by atoms with Crippen molar-refractivity contribution in [2.75, 3.05) is 5.01 Å².